The highest BCUT2D eigenvalue weighted by Gasteiger charge is 2.22. The van der Waals surface area contributed by atoms with Crippen LogP contribution in [0.2, 0.25) is 0 Å². The van der Waals surface area contributed by atoms with Crippen LogP contribution in [-0.4, -0.2) is 38.1 Å². The molecule has 6 rings (SSSR count). The molecule has 40 heavy (non-hydrogen) atoms. The Labute approximate surface area is 231 Å². The van der Waals surface area contributed by atoms with E-state index < -0.39 is 17.8 Å². The lowest BCUT2D eigenvalue weighted by molar-refractivity contribution is 0.0704. The van der Waals surface area contributed by atoms with Gasteiger partial charge in [0.1, 0.15) is 22.9 Å². The van der Waals surface area contributed by atoms with Crippen molar-refractivity contribution in [2.24, 2.45) is 0 Å². The molecule has 1 fully saturated rings. The number of ether oxygens (including phenoxy) is 2. The average molecular weight is 535 g/mol. The van der Waals surface area contributed by atoms with Crippen LogP contribution in [0.25, 0.3) is 6.08 Å². The van der Waals surface area contributed by atoms with Crippen LogP contribution in [0.5, 0.6) is 11.5 Å². The van der Waals surface area contributed by atoms with Crippen molar-refractivity contribution >= 4 is 29.4 Å². The summed E-state index contributed by atoms with van der Waals surface area (Å²) < 4.78 is 24.9. The number of allylic oxidation sites excluding steroid dienone is 1. The summed E-state index contributed by atoms with van der Waals surface area (Å²) in [7, 11) is 0. The van der Waals surface area contributed by atoms with E-state index in [1.165, 1.54) is 53.2 Å². The van der Waals surface area contributed by atoms with Crippen molar-refractivity contribution in [2.75, 3.05) is 36.0 Å². The second-order valence-corrected chi connectivity index (χ2v) is 9.68. The van der Waals surface area contributed by atoms with Crippen LogP contribution in [0.4, 0.5) is 15.8 Å². The molecule has 0 unspecified atom stereocenters. The van der Waals surface area contributed by atoms with Gasteiger partial charge in [0.25, 0.3) is 0 Å². The predicted octanol–water partition coefficient (Wildman–Crippen LogP) is 6.16. The third kappa shape index (κ3) is 5.18. The second kappa shape index (κ2) is 11.1. The minimum Gasteiger partial charge on any atom is -0.423 e. The monoisotopic (exact) mass is 534 g/mol. The zero-order valence-corrected chi connectivity index (χ0v) is 21.8. The first-order valence-electron chi connectivity index (χ1n) is 13.2. The largest absolute Gasteiger partial charge is 0.423 e. The summed E-state index contributed by atoms with van der Waals surface area (Å²) >= 11 is 0. The smallest absolute Gasteiger partial charge is 0.347 e. The standard InChI is InChI=1S/C33H27FN2O4/c34-29-12-3-1-9-27(29)32(37)40-31-14-4-2-10-28(31)33(38)39-25-17-15-24(16-18-25)35-19-21-36(22-20-35)30-13-6-8-23-7-5-11-26(23)30/h1-6,8-18H,7,19-22H2. The summed E-state index contributed by atoms with van der Waals surface area (Å²) in [5.74, 6) is -1.91. The molecule has 1 aliphatic heterocycles. The number of fused-ring (bicyclic) bond motifs is 1. The molecule has 1 heterocycles. The summed E-state index contributed by atoms with van der Waals surface area (Å²) in [6, 6.07) is 25.7. The second-order valence-electron chi connectivity index (χ2n) is 9.68. The van der Waals surface area contributed by atoms with Crippen LogP contribution >= 0.6 is 0 Å². The number of carbonyl (C=O) groups is 2. The number of benzene rings is 4. The van der Waals surface area contributed by atoms with Gasteiger partial charge in [-0.1, -0.05) is 48.6 Å². The molecule has 0 N–H and O–H groups in total. The third-order valence-corrected chi connectivity index (χ3v) is 7.23. The Morgan fingerprint density at radius 3 is 2.12 bits per heavy atom. The predicted molar refractivity (Wildman–Crippen MR) is 153 cm³/mol. The van der Waals surface area contributed by atoms with E-state index >= 15 is 0 Å². The summed E-state index contributed by atoms with van der Waals surface area (Å²) in [5.41, 5.74) is 4.92. The molecule has 0 saturated carbocycles. The number of esters is 2. The normalized spacial score (nSPS) is 14.1. The van der Waals surface area contributed by atoms with E-state index in [4.69, 9.17) is 9.47 Å². The van der Waals surface area contributed by atoms with Crippen molar-refractivity contribution in [1.82, 2.24) is 0 Å². The van der Waals surface area contributed by atoms with Gasteiger partial charge in [0, 0.05) is 43.1 Å². The number of hydrogen-bond donors (Lipinski definition) is 0. The summed E-state index contributed by atoms with van der Waals surface area (Å²) in [6.45, 7) is 3.60. The zero-order valence-electron chi connectivity index (χ0n) is 21.8. The van der Waals surface area contributed by atoms with Gasteiger partial charge in [-0.2, -0.15) is 0 Å². The fraction of sp³-hybridized carbons (Fsp3) is 0.152. The lowest BCUT2D eigenvalue weighted by atomic mass is 10.1. The molecule has 1 saturated heterocycles. The summed E-state index contributed by atoms with van der Waals surface area (Å²) in [5, 5.41) is 0. The van der Waals surface area contributed by atoms with Gasteiger partial charge in [-0.05, 0) is 66.6 Å². The number of piperazine rings is 1. The topological polar surface area (TPSA) is 59.1 Å². The van der Waals surface area contributed by atoms with Crippen LogP contribution in [-0.2, 0) is 6.42 Å². The number of nitrogens with zero attached hydrogens (tertiary/aromatic N) is 2. The average Bonchev–Trinajstić information content (AvgIpc) is 3.47. The van der Waals surface area contributed by atoms with Crippen LogP contribution in [0, 0.1) is 5.82 Å². The molecule has 0 amide bonds. The zero-order chi connectivity index (χ0) is 27.5. The van der Waals surface area contributed by atoms with E-state index in [-0.39, 0.29) is 16.9 Å². The van der Waals surface area contributed by atoms with Gasteiger partial charge >= 0.3 is 11.9 Å². The van der Waals surface area contributed by atoms with Crippen LogP contribution in [0.3, 0.4) is 0 Å². The maximum Gasteiger partial charge on any atom is 0.347 e. The number of para-hydroxylation sites is 1. The first-order chi connectivity index (χ1) is 19.6. The highest BCUT2D eigenvalue weighted by Crippen LogP contribution is 2.31. The molecule has 7 heteroatoms. The number of anilines is 2. The summed E-state index contributed by atoms with van der Waals surface area (Å²) in [4.78, 5) is 30.2. The molecule has 0 bridgehead atoms. The first-order valence-corrected chi connectivity index (χ1v) is 13.2. The number of rotatable bonds is 6. The highest BCUT2D eigenvalue weighted by atomic mass is 19.1. The minimum atomic E-state index is -0.893. The third-order valence-electron chi connectivity index (χ3n) is 7.23. The Morgan fingerprint density at radius 1 is 0.675 bits per heavy atom. The van der Waals surface area contributed by atoms with Crippen molar-refractivity contribution in [3.63, 3.8) is 0 Å². The molecule has 200 valence electrons. The molecule has 0 atom stereocenters. The molecule has 6 nitrogen and oxygen atoms in total. The number of carbonyl (C=O) groups excluding carboxylic acids is 2. The fourth-order valence-electron chi connectivity index (χ4n) is 5.15. The van der Waals surface area contributed by atoms with E-state index in [9.17, 15) is 14.0 Å². The number of hydrogen-bond acceptors (Lipinski definition) is 6. The van der Waals surface area contributed by atoms with Gasteiger partial charge in [0.15, 0.2) is 0 Å². The molecule has 1 aliphatic carbocycles. The SMILES string of the molecule is O=C(Oc1ccccc1C(=O)Oc1ccc(N2CCN(c3cccc4c3C=CC4)CC2)cc1)c1ccccc1F. The van der Waals surface area contributed by atoms with E-state index in [0.717, 1.165) is 38.3 Å². The Kier molecular flexibility index (Phi) is 7.02. The van der Waals surface area contributed by atoms with Crippen LogP contribution in [0.1, 0.15) is 31.8 Å². The van der Waals surface area contributed by atoms with E-state index in [1.807, 2.05) is 12.1 Å². The van der Waals surface area contributed by atoms with Gasteiger partial charge < -0.3 is 19.3 Å². The molecule has 4 aromatic carbocycles. The molecular weight excluding hydrogens is 507 g/mol. The molecule has 0 aromatic heterocycles. The van der Waals surface area contributed by atoms with Crippen LogP contribution < -0.4 is 19.3 Å². The first kappa shape index (κ1) is 25.4. The van der Waals surface area contributed by atoms with Crippen molar-refractivity contribution in [2.45, 2.75) is 6.42 Å². The Hall–Kier alpha value is -4.91. The lowest BCUT2D eigenvalue weighted by Crippen LogP contribution is -2.46. The highest BCUT2D eigenvalue weighted by molar-refractivity contribution is 5.97. The van der Waals surface area contributed by atoms with Gasteiger partial charge in [0.2, 0.25) is 0 Å². The molecule has 4 aromatic rings. The Bertz CT molecular complexity index is 1590. The molecule has 0 spiro atoms. The fourth-order valence-corrected chi connectivity index (χ4v) is 5.15. The maximum atomic E-state index is 14.0. The van der Waals surface area contributed by atoms with Crippen molar-refractivity contribution in [3.8, 4) is 11.5 Å². The Morgan fingerprint density at radius 2 is 1.35 bits per heavy atom. The molecular formula is C33H27FN2O4. The lowest BCUT2D eigenvalue weighted by Gasteiger charge is -2.38. The van der Waals surface area contributed by atoms with Gasteiger partial charge in [-0.25, -0.2) is 14.0 Å². The van der Waals surface area contributed by atoms with Gasteiger partial charge in [-0.15, -0.1) is 0 Å². The van der Waals surface area contributed by atoms with E-state index in [0.29, 0.717) is 5.75 Å². The molecule has 2 aliphatic rings. The van der Waals surface area contributed by atoms with E-state index in [1.54, 1.807) is 24.3 Å². The van der Waals surface area contributed by atoms with Crippen LogP contribution in [0.15, 0.2) is 97.1 Å². The van der Waals surface area contributed by atoms with Gasteiger partial charge in [0.05, 0.1) is 5.56 Å². The number of halogens is 1. The van der Waals surface area contributed by atoms with Crippen molar-refractivity contribution in [1.29, 1.82) is 0 Å². The summed E-state index contributed by atoms with van der Waals surface area (Å²) in [6.07, 6.45) is 5.45. The quantitative estimate of drug-likeness (QED) is 0.218. The molecule has 0 radical (unpaired) electrons. The Balaban J connectivity index is 1.08. The van der Waals surface area contributed by atoms with Crippen molar-refractivity contribution in [3.05, 3.63) is 125 Å². The minimum absolute atomic E-state index is 0.00482. The van der Waals surface area contributed by atoms with Gasteiger partial charge in [-0.3, -0.25) is 0 Å². The van der Waals surface area contributed by atoms with Crippen molar-refractivity contribution < 1.29 is 23.5 Å². The maximum absolute atomic E-state index is 14.0. The van der Waals surface area contributed by atoms with E-state index in [2.05, 4.69) is 40.2 Å².